The molecule has 0 radical (unpaired) electrons. The van der Waals surface area contributed by atoms with Crippen LogP contribution in [0.4, 0.5) is 30.6 Å². The van der Waals surface area contributed by atoms with Gasteiger partial charge < -0.3 is 40.9 Å². The molecule has 84 heavy (non-hydrogen) atoms. The van der Waals surface area contributed by atoms with Crippen molar-refractivity contribution in [1.82, 2.24) is 45.2 Å². The maximum Gasteiger partial charge on any atom is 0.405 e. The van der Waals surface area contributed by atoms with Gasteiger partial charge in [0.2, 0.25) is 23.6 Å². The molecule has 3 amide bonds. The fourth-order valence-corrected chi connectivity index (χ4v) is 11.6. The van der Waals surface area contributed by atoms with Crippen LogP contribution in [0.15, 0.2) is 116 Å². The van der Waals surface area contributed by atoms with E-state index in [1.165, 1.54) is 33.7 Å². The van der Waals surface area contributed by atoms with Crippen molar-refractivity contribution >= 4 is 45.9 Å². The zero-order valence-corrected chi connectivity index (χ0v) is 47.1. The van der Waals surface area contributed by atoms with Crippen molar-refractivity contribution < 1.29 is 37.8 Å². The first-order chi connectivity index (χ1) is 40.5. The Morgan fingerprint density at radius 1 is 0.845 bits per heavy atom. The van der Waals surface area contributed by atoms with Gasteiger partial charge in [0.05, 0.1) is 36.3 Å². The average molecular weight is 1140 g/mol. The number of piperidine rings is 1. The largest absolute Gasteiger partial charge is 0.508 e. The van der Waals surface area contributed by atoms with Crippen LogP contribution in [-0.4, -0.2) is 127 Å². The molecular formula is C63H68F3N13O5. The molecule has 21 heteroatoms. The van der Waals surface area contributed by atoms with Crippen molar-refractivity contribution in [3.63, 3.8) is 0 Å². The third kappa shape index (κ3) is 13.6. The van der Waals surface area contributed by atoms with Crippen LogP contribution < -0.4 is 25.8 Å². The third-order valence-corrected chi connectivity index (χ3v) is 16.0. The minimum Gasteiger partial charge on any atom is -0.508 e. The number of nitriles is 1. The standard InChI is InChI=1S/C63H68F3N13O5/c1-4-57(83)78-31-30-77(37-47(78)20-25-67)58-49-24-29-76(53-11-7-9-45-8-5-6-10-48(45)53)38-52(49)71-62(72-58)68-26-21-56(82)69-35-43-12-14-44(15-13-43)36-75-27-22-42(23-28-75)32-41-16-18-46(19-17-41)79-59(51-33-50(40(2)3)54(80)34-55(51)81)73-74-60(79)61(84)70-39-63(64,65)66/h4-19,33-34,40,42,47,80-81H,1,20-24,26-32,35-39H2,2-3H3,(H,69,82)(H,70,84)(H,68,71,72). The number of halogens is 3. The Balaban J connectivity index is 0.717. The molecule has 10 rings (SSSR count). The average Bonchev–Trinajstić information content (AvgIpc) is 3.85. The monoisotopic (exact) mass is 1140 g/mol. The SMILES string of the molecule is C=CC(=O)N1CCN(c2nc(NCCC(=O)NCc3ccc(CN4CCC(Cc5ccc(-n6c(C(=O)NCC(F)(F)F)nnc6-c6cc(C(C)C)c(O)cc6O)cc5)CC4)cc3)nc3c2CCN(c2cccc4ccccc24)C3)CC1CC#N. The number of hydrogen-bond donors (Lipinski definition) is 5. The first-order valence-corrected chi connectivity index (χ1v) is 28.5. The molecular weight excluding hydrogens is 1080 g/mol. The zero-order valence-electron chi connectivity index (χ0n) is 47.1. The van der Waals surface area contributed by atoms with Crippen LogP contribution in [0.2, 0.25) is 0 Å². The smallest absolute Gasteiger partial charge is 0.405 e. The maximum absolute atomic E-state index is 13.2. The van der Waals surface area contributed by atoms with Gasteiger partial charge in [-0.25, -0.2) is 4.98 Å². The van der Waals surface area contributed by atoms with E-state index in [0.717, 1.165) is 84.7 Å². The Hall–Kier alpha value is -9.03. The van der Waals surface area contributed by atoms with Crippen molar-refractivity contribution in [2.45, 2.75) is 90.1 Å². The summed E-state index contributed by atoms with van der Waals surface area (Å²) in [6.07, 6.45) is 0.479. The lowest BCUT2D eigenvalue weighted by Crippen LogP contribution is -2.55. The number of rotatable bonds is 19. The van der Waals surface area contributed by atoms with E-state index >= 15 is 0 Å². The summed E-state index contributed by atoms with van der Waals surface area (Å²) in [4.78, 5) is 57.9. The summed E-state index contributed by atoms with van der Waals surface area (Å²) in [6.45, 7) is 11.8. The number of carbonyl (C=O) groups is 3. The summed E-state index contributed by atoms with van der Waals surface area (Å²) in [5.74, 6) is -0.784. The molecule has 5 aromatic carbocycles. The van der Waals surface area contributed by atoms with Crippen LogP contribution >= 0.6 is 0 Å². The number of carbonyl (C=O) groups excluding carboxylic acids is 3. The predicted molar refractivity (Wildman–Crippen MR) is 315 cm³/mol. The highest BCUT2D eigenvalue weighted by Gasteiger charge is 2.34. The number of alkyl halides is 3. The number of benzene rings is 5. The molecule has 7 aromatic rings. The fraction of sp³-hybridized carbons (Fsp3) is 0.365. The molecule has 3 aliphatic heterocycles. The van der Waals surface area contributed by atoms with E-state index < -0.39 is 24.5 Å². The van der Waals surface area contributed by atoms with E-state index in [1.54, 1.807) is 17.0 Å². The lowest BCUT2D eigenvalue weighted by molar-refractivity contribution is -0.128. The molecule has 436 valence electrons. The van der Waals surface area contributed by atoms with Crippen LogP contribution in [0.1, 0.15) is 89.6 Å². The summed E-state index contributed by atoms with van der Waals surface area (Å²) >= 11 is 0. The molecule has 0 spiro atoms. The van der Waals surface area contributed by atoms with Crippen LogP contribution in [-0.2, 0) is 42.1 Å². The van der Waals surface area contributed by atoms with Crippen LogP contribution in [0.5, 0.6) is 11.5 Å². The number of aromatic hydroxyl groups is 2. The number of phenolic OH excluding ortho intramolecular Hbond substituents is 2. The highest BCUT2D eigenvalue weighted by Crippen LogP contribution is 2.39. The summed E-state index contributed by atoms with van der Waals surface area (Å²) in [6, 6.07) is 34.9. The van der Waals surface area contributed by atoms with E-state index in [2.05, 4.69) is 96.7 Å². The van der Waals surface area contributed by atoms with Crippen LogP contribution in [0.3, 0.4) is 0 Å². The molecule has 2 saturated heterocycles. The van der Waals surface area contributed by atoms with Gasteiger partial charge in [0, 0.05) is 80.6 Å². The number of likely N-dealkylation sites (tertiary alicyclic amines) is 1. The second-order valence-electron chi connectivity index (χ2n) is 22.1. The molecule has 0 aliphatic carbocycles. The number of aromatic nitrogens is 5. The van der Waals surface area contributed by atoms with E-state index in [4.69, 9.17) is 9.97 Å². The van der Waals surface area contributed by atoms with Gasteiger partial charge >= 0.3 is 6.18 Å². The number of hydrogen-bond acceptors (Lipinski definition) is 14. The predicted octanol–water partition coefficient (Wildman–Crippen LogP) is 8.96. The van der Waals surface area contributed by atoms with Crippen molar-refractivity contribution in [3.8, 4) is 34.6 Å². The highest BCUT2D eigenvalue weighted by molar-refractivity contribution is 5.95. The summed E-state index contributed by atoms with van der Waals surface area (Å²) in [7, 11) is 0. The van der Waals surface area contributed by atoms with Gasteiger partial charge in [-0.3, -0.25) is 23.9 Å². The van der Waals surface area contributed by atoms with Gasteiger partial charge in [0.15, 0.2) is 5.82 Å². The number of fused-ring (bicyclic) bond motifs is 2. The minimum absolute atomic E-state index is 0.0216. The van der Waals surface area contributed by atoms with Gasteiger partial charge in [-0.05, 0) is 109 Å². The molecule has 5 N–H and O–H groups in total. The number of nitrogens with one attached hydrogen (secondary N) is 3. The number of phenols is 2. The molecule has 5 heterocycles. The lowest BCUT2D eigenvalue weighted by atomic mass is 9.90. The third-order valence-electron chi connectivity index (χ3n) is 16.0. The van der Waals surface area contributed by atoms with Crippen molar-refractivity contribution in [1.29, 1.82) is 5.26 Å². The second-order valence-corrected chi connectivity index (χ2v) is 22.1. The summed E-state index contributed by atoms with van der Waals surface area (Å²) < 4.78 is 40.7. The zero-order chi connectivity index (χ0) is 59.1. The second kappa shape index (κ2) is 25.6. The van der Waals surface area contributed by atoms with E-state index in [-0.39, 0.29) is 59.5 Å². The molecule has 2 fully saturated rings. The van der Waals surface area contributed by atoms with E-state index in [0.29, 0.717) is 68.8 Å². The molecule has 0 saturated carbocycles. The summed E-state index contributed by atoms with van der Waals surface area (Å²) in [5.41, 5.74) is 7.31. The Bertz CT molecular complexity index is 3570. The van der Waals surface area contributed by atoms with Gasteiger partial charge in [-0.2, -0.15) is 23.4 Å². The summed E-state index contributed by atoms with van der Waals surface area (Å²) in [5, 5.41) is 49.8. The molecule has 0 bridgehead atoms. The van der Waals surface area contributed by atoms with Gasteiger partial charge in [0.25, 0.3) is 5.91 Å². The van der Waals surface area contributed by atoms with E-state index in [9.17, 15) is 43.0 Å². The van der Waals surface area contributed by atoms with Gasteiger partial charge in [0.1, 0.15) is 23.9 Å². The van der Waals surface area contributed by atoms with E-state index in [1.807, 2.05) is 49.5 Å². The minimum atomic E-state index is -4.65. The Labute approximate surface area is 485 Å². The van der Waals surface area contributed by atoms with Gasteiger partial charge in [-0.1, -0.05) is 93.2 Å². The maximum atomic E-state index is 13.2. The molecule has 1 atom stereocenters. The normalized spacial score (nSPS) is 15.9. The number of piperazine rings is 1. The van der Waals surface area contributed by atoms with Crippen LogP contribution in [0.25, 0.3) is 27.8 Å². The quantitative estimate of drug-likeness (QED) is 0.0478. The van der Waals surface area contributed by atoms with Crippen molar-refractivity contribution in [3.05, 3.63) is 155 Å². The topological polar surface area (TPSA) is 221 Å². The molecule has 3 aliphatic rings. The van der Waals surface area contributed by atoms with Crippen molar-refractivity contribution in [2.24, 2.45) is 5.92 Å². The Morgan fingerprint density at radius 3 is 2.32 bits per heavy atom. The van der Waals surface area contributed by atoms with Gasteiger partial charge in [-0.15, -0.1) is 10.2 Å². The molecule has 2 aromatic heterocycles. The highest BCUT2D eigenvalue weighted by atomic mass is 19.4. The number of anilines is 3. The first kappa shape index (κ1) is 58.2. The lowest BCUT2D eigenvalue weighted by Gasteiger charge is -2.42. The Morgan fingerprint density at radius 2 is 1.58 bits per heavy atom. The fourth-order valence-electron chi connectivity index (χ4n) is 11.6. The number of amides is 3. The Kier molecular flexibility index (Phi) is 17.7. The number of nitrogens with zero attached hydrogens (tertiary/aromatic N) is 10. The van der Waals surface area contributed by atoms with Crippen LogP contribution in [0, 0.1) is 17.2 Å². The first-order valence-electron chi connectivity index (χ1n) is 28.5. The molecule has 1 unspecified atom stereocenters. The molecule has 18 nitrogen and oxygen atoms in total. The van der Waals surface area contributed by atoms with Crippen molar-refractivity contribution in [2.75, 3.05) is 67.5 Å².